The molecule has 6 heteroatoms. The third-order valence-corrected chi connectivity index (χ3v) is 2.66. The number of hydrogen-bond donors (Lipinski definition) is 1. The van der Waals surface area contributed by atoms with Gasteiger partial charge in [0, 0.05) is 18.1 Å². The Balaban J connectivity index is 2.39. The van der Waals surface area contributed by atoms with Gasteiger partial charge in [0.25, 0.3) is 0 Å². The van der Waals surface area contributed by atoms with Crippen LogP contribution in [0.2, 0.25) is 0 Å². The Hall–Kier alpha value is -0.810. The predicted octanol–water partition coefficient (Wildman–Crippen LogP) is 1.26. The highest BCUT2D eigenvalue weighted by Crippen LogP contribution is 2.14. The molecule has 0 aliphatic heterocycles. The van der Waals surface area contributed by atoms with Crippen LogP contribution in [0.25, 0.3) is 0 Å². The fourth-order valence-electron chi connectivity index (χ4n) is 0.579. The van der Waals surface area contributed by atoms with Crippen molar-refractivity contribution in [3.63, 3.8) is 0 Å². The molecule has 1 rings (SSSR count). The van der Waals surface area contributed by atoms with Crippen molar-refractivity contribution in [2.45, 2.75) is 10.5 Å². The van der Waals surface area contributed by atoms with Crippen molar-refractivity contribution < 1.29 is 9.90 Å². The van der Waals surface area contributed by atoms with E-state index in [9.17, 15) is 4.79 Å². The molecular weight excluding hydrogens is 212 g/mol. The van der Waals surface area contributed by atoms with E-state index in [0.29, 0.717) is 5.16 Å². The maximum atomic E-state index is 10.3. The van der Waals surface area contributed by atoms with Gasteiger partial charge in [-0.3, -0.25) is 4.79 Å². The molecule has 4 nitrogen and oxygen atoms in total. The smallest absolute Gasteiger partial charge is 0.322 e. The predicted molar refractivity (Wildman–Crippen MR) is 50.0 cm³/mol. The van der Waals surface area contributed by atoms with Crippen molar-refractivity contribution >= 4 is 29.3 Å². The van der Waals surface area contributed by atoms with Crippen LogP contribution < -0.4 is 0 Å². The number of carbonyl (C=O) groups is 1. The van der Waals surface area contributed by atoms with Crippen LogP contribution in [0, 0.1) is 0 Å². The maximum Gasteiger partial charge on any atom is 0.322 e. The van der Waals surface area contributed by atoms with Crippen LogP contribution >= 0.6 is 23.4 Å². The van der Waals surface area contributed by atoms with E-state index in [2.05, 4.69) is 9.97 Å². The third kappa shape index (κ3) is 3.61. The van der Waals surface area contributed by atoms with Crippen LogP contribution in [0.1, 0.15) is 0 Å². The van der Waals surface area contributed by atoms with E-state index in [1.54, 1.807) is 18.5 Å². The summed E-state index contributed by atoms with van der Waals surface area (Å²) in [6.45, 7) is 0. The number of nitrogens with zero attached hydrogens (tertiary/aromatic N) is 2. The van der Waals surface area contributed by atoms with Crippen LogP contribution in [0.15, 0.2) is 23.6 Å². The van der Waals surface area contributed by atoms with Gasteiger partial charge in [0.2, 0.25) is 0 Å². The zero-order valence-electron chi connectivity index (χ0n) is 6.55. The maximum absolute atomic E-state index is 10.3. The molecule has 0 aliphatic rings. The average molecular weight is 219 g/mol. The van der Waals surface area contributed by atoms with E-state index in [1.165, 1.54) is 11.8 Å². The Labute approximate surface area is 84.3 Å². The van der Waals surface area contributed by atoms with Gasteiger partial charge in [0.15, 0.2) is 5.16 Å². The monoisotopic (exact) mass is 218 g/mol. The minimum absolute atomic E-state index is 0.265. The third-order valence-electron chi connectivity index (χ3n) is 1.17. The summed E-state index contributed by atoms with van der Waals surface area (Å²) in [5, 5.41) is 8.12. The SMILES string of the molecule is O=C(O)C(Cl)CSc1ncccn1. The number of alkyl halides is 1. The average Bonchev–Trinajstić information content (AvgIpc) is 2.15. The van der Waals surface area contributed by atoms with Gasteiger partial charge in [-0.2, -0.15) is 0 Å². The summed E-state index contributed by atoms with van der Waals surface area (Å²) in [6.07, 6.45) is 3.19. The standard InChI is InChI=1S/C7H7ClN2O2S/c8-5(6(11)12)4-13-7-9-2-1-3-10-7/h1-3,5H,4H2,(H,11,12). The van der Waals surface area contributed by atoms with Gasteiger partial charge in [-0.05, 0) is 6.07 Å². The number of carboxylic acids is 1. The van der Waals surface area contributed by atoms with Crippen molar-refractivity contribution in [3.05, 3.63) is 18.5 Å². The molecule has 1 aromatic rings. The number of rotatable bonds is 4. The van der Waals surface area contributed by atoms with Crippen molar-refractivity contribution in [2.24, 2.45) is 0 Å². The molecule has 1 unspecified atom stereocenters. The molecule has 0 aliphatic carbocycles. The molecule has 70 valence electrons. The quantitative estimate of drug-likeness (QED) is 0.468. The van der Waals surface area contributed by atoms with Crippen molar-refractivity contribution in [1.29, 1.82) is 0 Å². The summed E-state index contributed by atoms with van der Waals surface area (Å²) in [4.78, 5) is 18.2. The minimum atomic E-state index is -1.02. The van der Waals surface area contributed by atoms with Gasteiger partial charge in [-0.15, -0.1) is 11.6 Å². The molecule has 0 aromatic carbocycles. The lowest BCUT2D eigenvalue weighted by Crippen LogP contribution is -2.15. The summed E-state index contributed by atoms with van der Waals surface area (Å²) in [5.41, 5.74) is 0. The summed E-state index contributed by atoms with van der Waals surface area (Å²) >= 11 is 6.71. The summed E-state index contributed by atoms with van der Waals surface area (Å²) < 4.78 is 0. The molecule has 0 radical (unpaired) electrons. The second-order valence-corrected chi connectivity index (χ2v) is 3.66. The molecule has 13 heavy (non-hydrogen) atoms. The van der Waals surface area contributed by atoms with Crippen LogP contribution in [0.5, 0.6) is 0 Å². The molecule has 0 amide bonds. The van der Waals surface area contributed by atoms with Crippen molar-refractivity contribution in [1.82, 2.24) is 9.97 Å². The highest BCUT2D eigenvalue weighted by atomic mass is 35.5. The first kappa shape index (κ1) is 10.3. The largest absolute Gasteiger partial charge is 0.480 e. The van der Waals surface area contributed by atoms with Crippen LogP contribution in [0.3, 0.4) is 0 Å². The molecule has 0 bridgehead atoms. The molecule has 1 N–H and O–H groups in total. The molecule has 1 aromatic heterocycles. The lowest BCUT2D eigenvalue weighted by Gasteiger charge is -2.01. The van der Waals surface area contributed by atoms with E-state index < -0.39 is 11.3 Å². The van der Waals surface area contributed by atoms with Gasteiger partial charge in [-0.1, -0.05) is 11.8 Å². The van der Waals surface area contributed by atoms with Gasteiger partial charge in [-0.25, -0.2) is 9.97 Å². The van der Waals surface area contributed by atoms with Crippen LogP contribution in [-0.4, -0.2) is 32.2 Å². The summed E-state index contributed by atoms with van der Waals surface area (Å²) in [5.74, 6) is -0.758. The van der Waals surface area contributed by atoms with Gasteiger partial charge < -0.3 is 5.11 Å². The van der Waals surface area contributed by atoms with E-state index >= 15 is 0 Å². The van der Waals surface area contributed by atoms with Gasteiger partial charge in [0.1, 0.15) is 5.38 Å². The normalized spacial score (nSPS) is 12.4. The van der Waals surface area contributed by atoms with Gasteiger partial charge >= 0.3 is 5.97 Å². The van der Waals surface area contributed by atoms with Crippen LogP contribution in [-0.2, 0) is 4.79 Å². The van der Waals surface area contributed by atoms with E-state index in [-0.39, 0.29) is 5.75 Å². The molecule has 0 saturated heterocycles. The van der Waals surface area contributed by atoms with E-state index in [0.717, 1.165) is 0 Å². The van der Waals surface area contributed by atoms with Crippen molar-refractivity contribution in [3.8, 4) is 0 Å². The Kier molecular flexibility index (Phi) is 3.98. The summed E-state index contributed by atoms with van der Waals surface area (Å²) in [7, 11) is 0. The molecule has 1 atom stereocenters. The first-order valence-corrected chi connectivity index (χ1v) is 4.89. The number of halogens is 1. The van der Waals surface area contributed by atoms with Crippen molar-refractivity contribution in [2.75, 3.05) is 5.75 Å². The Morgan fingerprint density at radius 2 is 2.23 bits per heavy atom. The number of aliphatic carboxylic acids is 1. The number of thioether (sulfide) groups is 1. The highest BCUT2D eigenvalue weighted by molar-refractivity contribution is 7.99. The lowest BCUT2D eigenvalue weighted by molar-refractivity contribution is -0.136. The van der Waals surface area contributed by atoms with E-state index in [4.69, 9.17) is 16.7 Å². The molecule has 0 fully saturated rings. The molecule has 0 spiro atoms. The minimum Gasteiger partial charge on any atom is -0.480 e. The Bertz CT molecular complexity index is 283. The Morgan fingerprint density at radius 1 is 1.62 bits per heavy atom. The topological polar surface area (TPSA) is 63.1 Å². The molecule has 1 heterocycles. The number of carboxylic acid groups (broad SMARTS) is 1. The number of aromatic nitrogens is 2. The Morgan fingerprint density at radius 3 is 2.77 bits per heavy atom. The second-order valence-electron chi connectivity index (χ2n) is 2.15. The van der Waals surface area contributed by atoms with Crippen LogP contribution in [0.4, 0.5) is 0 Å². The highest BCUT2D eigenvalue weighted by Gasteiger charge is 2.13. The molecular formula is C7H7ClN2O2S. The second kappa shape index (κ2) is 5.04. The zero-order valence-corrected chi connectivity index (χ0v) is 8.13. The van der Waals surface area contributed by atoms with Gasteiger partial charge in [0.05, 0.1) is 0 Å². The summed E-state index contributed by atoms with van der Waals surface area (Å²) in [6, 6.07) is 1.69. The molecule has 0 saturated carbocycles. The van der Waals surface area contributed by atoms with E-state index in [1.807, 2.05) is 0 Å². The first-order chi connectivity index (χ1) is 6.20. The lowest BCUT2D eigenvalue weighted by atomic mass is 10.5. The fraction of sp³-hybridized carbons (Fsp3) is 0.286. The zero-order chi connectivity index (χ0) is 9.68. The fourth-order valence-corrected chi connectivity index (χ4v) is 1.48. The first-order valence-electron chi connectivity index (χ1n) is 3.47. The number of hydrogen-bond acceptors (Lipinski definition) is 4.